The first kappa shape index (κ1) is 62.3. The first-order valence-electron chi connectivity index (χ1n) is 24.6. The fraction of sp³-hybridized carbons (Fsp3) is 0.558. The number of benzene rings is 3. The van der Waals surface area contributed by atoms with Crippen LogP contribution in [0, 0.1) is 40.9 Å². The summed E-state index contributed by atoms with van der Waals surface area (Å²) in [5, 5.41) is 2.80. The van der Waals surface area contributed by atoms with E-state index in [9.17, 15) is 36.3 Å². The number of halogens is 5. The van der Waals surface area contributed by atoms with Crippen molar-refractivity contribution in [2.24, 2.45) is 0 Å². The number of anilines is 1. The first-order chi connectivity index (χ1) is 36.7. The number of esters is 1. The SMILES string of the molecule is O=C(CCC(=O)N1Cc2ccccc2C#Cc2ccccc21)NCCOCCOCCOCCOCCOCCOCCOCCOCCOCCOCCOCCOCCC(=O)Oc1c(F)c(F)c(F)c(F)c1F. The minimum Gasteiger partial charge on any atom is -0.420 e. The molecule has 0 saturated carbocycles. The summed E-state index contributed by atoms with van der Waals surface area (Å²) in [4.78, 5) is 39.2. The largest absolute Gasteiger partial charge is 0.420 e. The summed E-state index contributed by atoms with van der Waals surface area (Å²) < 4.78 is 136. The summed E-state index contributed by atoms with van der Waals surface area (Å²) in [6.07, 6.45) is -0.361. The lowest BCUT2D eigenvalue weighted by Gasteiger charge is -2.26. The predicted molar refractivity (Wildman–Crippen MR) is 259 cm³/mol. The van der Waals surface area contributed by atoms with Crippen molar-refractivity contribution in [3.05, 3.63) is 94.3 Å². The molecule has 0 atom stereocenters. The van der Waals surface area contributed by atoms with Crippen molar-refractivity contribution in [1.82, 2.24) is 5.32 Å². The molecule has 3 aromatic carbocycles. The zero-order chi connectivity index (χ0) is 53.6. The van der Waals surface area contributed by atoms with Gasteiger partial charge >= 0.3 is 5.97 Å². The van der Waals surface area contributed by atoms with Gasteiger partial charge in [-0.1, -0.05) is 42.2 Å². The Labute approximate surface area is 433 Å². The molecule has 23 heteroatoms. The van der Waals surface area contributed by atoms with E-state index in [1.807, 2.05) is 48.5 Å². The van der Waals surface area contributed by atoms with Crippen LogP contribution in [0.1, 0.15) is 36.0 Å². The molecule has 18 nitrogen and oxygen atoms in total. The van der Waals surface area contributed by atoms with Gasteiger partial charge in [0.05, 0.1) is 177 Å². The van der Waals surface area contributed by atoms with E-state index in [1.165, 1.54) is 0 Å². The Morgan fingerprint density at radius 3 is 1.24 bits per heavy atom. The van der Waals surface area contributed by atoms with Gasteiger partial charge in [-0.25, -0.2) is 13.2 Å². The van der Waals surface area contributed by atoms with Crippen LogP contribution in [0.2, 0.25) is 0 Å². The van der Waals surface area contributed by atoms with Gasteiger partial charge in [-0.15, -0.1) is 0 Å². The average Bonchev–Trinajstić information content (AvgIpc) is 3.41. The quantitative estimate of drug-likeness (QED) is 0.0156. The molecule has 1 aliphatic rings. The third kappa shape index (κ3) is 25.9. The summed E-state index contributed by atoms with van der Waals surface area (Å²) in [5.74, 6) is -8.17. The van der Waals surface area contributed by atoms with Crippen molar-refractivity contribution in [3.63, 3.8) is 0 Å². The number of carbonyl (C=O) groups excluding carboxylic acids is 3. The summed E-state index contributed by atoms with van der Waals surface area (Å²) in [7, 11) is 0. The van der Waals surface area contributed by atoms with Crippen molar-refractivity contribution in [2.75, 3.05) is 170 Å². The number of ether oxygens (including phenoxy) is 13. The molecule has 75 heavy (non-hydrogen) atoms. The maximum Gasteiger partial charge on any atom is 0.313 e. The molecular formula is C52H67F5N2O16. The molecule has 0 spiro atoms. The number of amides is 2. The van der Waals surface area contributed by atoms with Crippen LogP contribution in [0.25, 0.3) is 0 Å². The zero-order valence-electron chi connectivity index (χ0n) is 42.0. The molecule has 2 amide bonds. The Hall–Kier alpha value is -5.20. The molecule has 1 N–H and O–H groups in total. The molecule has 0 saturated heterocycles. The van der Waals surface area contributed by atoms with Crippen molar-refractivity contribution >= 4 is 23.5 Å². The van der Waals surface area contributed by atoms with E-state index in [1.54, 1.807) is 4.90 Å². The molecule has 4 rings (SSSR count). The van der Waals surface area contributed by atoms with Gasteiger partial charge < -0.3 is 71.8 Å². The third-order valence-electron chi connectivity index (χ3n) is 10.2. The molecule has 1 aliphatic heterocycles. The van der Waals surface area contributed by atoms with Crippen molar-refractivity contribution in [1.29, 1.82) is 0 Å². The van der Waals surface area contributed by atoms with Crippen LogP contribution in [0.5, 0.6) is 5.75 Å². The van der Waals surface area contributed by atoms with E-state index in [0.29, 0.717) is 145 Å². The maximum absolute atomic E-state index is 13.6. The van der Waals surface area contributed by atoms with Gasteiger partial charge in [-0.05, 0) is 23.8 Å². The minimum atomic E-state index is -2.35. The van der Waals surface area contributed by atoms with Gasteiger partial charge in [-0.3, -0.25) is 14.4 Å². The number of carbonyl (C=O) groups is 3. The van der Waals surface area contributed by atoms with Gasteiger partial charge in [0.25, 0.3) is 0 Å². The van der Waals surface area contributed by atoms with E-state index < -0.39 is 47.2 Å². The molecule has 0 unspecified atom stereocenters. The molecule has 0 aliphatic carbocycles. The van der Waals surface area contributed by atoms with E-state index in [2.05, 4.69) is 21.9 Å². The predicted octanol–water partition coefficient (Wildman–Crippen LogP) is 4.72. The summed E-state index contributed by atoms with van der Waals surface area (Å²) in [6, 6.07) is 15.3. The van der Waals surface area contributed by atoms with E-state index in [4.69, 9.17) is 56.8 Å². The fourth-order valence-corrected chi connectivity index (χ4v) is 6.43. The Morgan fingerprint density at radius 1 is 0.427 bits per heavy atom. The molecule has 0 fully saturated rings. The topological polar surface area (TPSA) is 186 Å². The highest BCUT2D eigenvalue weighted by Gasteiger charge is 2.28. The first-order valence-corrected chi connectivity index (χ1v) is 24.6. The Kier molecular flexibility index (Phi) is 32.6. The summed E-state index contributed by atoms with van der Waals surface area (Å²) in [5.41, 5.74) is 3.35. The summed E-state index contributed by atoms with van der Waals surface area (Å²) in [6.45, 7) is 8.88. The number of hydrogen-bond donors (Lipinski definition) is 1. The van der Waals surface area contributed by atoms with Crippen LogP contribution in [0.4, 0.5) is 27.6 Å². The van der Waals surface area contributed by atoms with E-state index in [0.717, 1.165) is 22.4 Å². The van der Waals surface area contributed by atoms with Crippen LogP contribution in [-0.4, -0.2) is 183 Å². The van der Waals surface area contributed by atoms with Crippen LogP contribution in [-0.2, 0) is 77.8 Å². The van der Waals surface area contributed by atoms with E-state index >= 15 is 0 Å². The number of nitrogens with zero attached hydrogens (tertiary/aromatic N) is 1. The second-order valence-electron chi connectivity index (χ2n) is 15.7. The molecule has 3 aromatic rings. The van der Waals surface area contributed by atoms with Gasteiger partial charge in [0.2, 0.25) is 46.6 Å². The monoisotopic (exact) mass is 1070 g/mol. The van der Waals surface area contributed by atoms with Gasteiger partial charge in [0, 0.05) is 30.5 Å². The molecule has 0 radical (unpaired) electrons. The van der Waals surface area contributed by atoms with Gasteiger partial charge in [-0.2, -0.15) is 8.78 Å². The van der Waals surface area contributed by atoms with Crippen LogP contribution in [0.15, 0.2) is 48.5 Å². The Bertz CT molecular complexity index is 2160. The smallest absolute Gasteiger partial charge is 0.313 e. The molecular weight excluding hydrogens is 1000 g/mol. The number of nitrogens with one attached hydrogen (secondary N) is 1. The second kappa shape index (κ2) is 39.2. The van der Waals surface area contributed by atoms with Crippen LogP contribution in [0.3, 0.4) is 0 Å². The Balaban J connectivity index is 0.785. The highest BCUT2D eigenvalue weighted by atomic mass is 19.2. The van der Waals surface area contributed by atoms with Gasteiger partial charge in [0.1, 0.15) is 0 Å². The number of rotatable bonds is 43. The van der Waals surface area contributed by atoms with Crippen molar-refractivity contribution < 1.29 is 97.9 Å². The normalized spacial score (nSPS) is 11.9. The highest BCUT2D eigenvalue weighted by molar-refractivity contribution is 5.96. The lowest BCUT2D eigenvalue weighted by Crippen LogP contribution is -2.34. The summed E-state index contributed by atoms with van der Waals surface area (Å²) >= 11 is 0. The van der Waals surface area contributed by atoms with Crippen LogP contribution < -0.4 is 15.0 Å². The molecule has 416 valence electrons. The zero-order valence-corrected chi connectivity index (χ0v) is 42.0. The molecule has 0 aromatic heterocycles. The number of para-hydroxylation sites is 1. The lowest BCUT2D eigenvalue weighted by molar-refractivity contribution is -0.136. The van der Waals surface area contributed by atoms with E-state index in [-0.39, 0.29) is 51.1 Å². The van der Waals surface area contributed by atoms with Crippen molar-refractivity contribution in [3.8, 4) is 17.6 Å². The average molecular weight is 1070 g/mol. The minimum absolute atomic E-state index is 0.0668. The van der Waals surface area contributed by atoms with Gasteiger partial charge in [0.15, 0.2) is 0 Å². The third-order valence-corrected chi connectivity index (χ3v) is 10.2. The second-order valence-corrected chi connectivity index (χ2v) is 15.7. The molecule has 1 heterocycles. The number of hydrogen-bond acceptors (Lipinski definition) is 16. The number of fused-ring (bicyclic) bond motifs is 2. The maximum atomic E-state index is 13.6. The lowest BCUT2D eigenvalue weighted by atomic mass is 10.0. The fourth-order valence-electron chi connectivity index (χ4n) is 6.43. The van der Waals surface area contributed by atoms with Crippen molar-refractivity contribution in [2.45, 2.75) is 25.8 Å². The standard InChI is InChI=1S/C52H67F5N2O16/c53-47-48(54)50(56)52(51(57)49(47)55)75-46(62)13-15-63-17-19-65-21-23-67-25-27-69-29-31-71-33-35-73-37-38-74-36-34-72-32-30-70-28-26-68-24-22-66-20-18-64-16-14-58-44(60)11-12-45(61)59-39-42-7-2-1-5-40(42)9-10-41-6-3-4-8-43(41)59/h1-8H,11-39H2,(H,58,60). The van der Waals surface area contributed by atoms with Crippen LogP contribution >= 0.6 is 0 Å². The highest BCUT2D eigenvalue weighted by Crippen LogP contribution is 2.30. The molecule has 0 bridgehead atoms. The Morgan fingerprint density at radius 2 is 0.787 bits per heavy atom.